The van der Waals surface area contributed by atoms with Crippen molar-refractivity contribution in [3.8, 4) is 0 Å². The number of nitrogens with one attached hydrogen (secondary N) is 1. The normalized spacial score (nSPS) is 26.3. The third kappa shape index (κ3) is 2.93. The summed E-state index contributed by atoms with van der Waals surface area (Å²) in [5.74, 6) is -0.205. The van der Waals surface area contributed by atoms with Crippen LogP contribution in [0.3, 0.4) is 0 Å². The quantitative estimate of drug-likeness (QED) is 0.624. The lowest BCUT2D eigenvalue weighted by Gasteiger charge is -2.24. The van der Waals surface area contributed by atoms with E-state index in [1.54, 1.807) is 0 Å². The fourth-order valence-electron chi connectivity index (χ4n) is 1.80. The minimum Gasteiger partial charge on any atom is -0.347 e. The summed E-state index contributed by atoms with van der Waals surface area (Å²) in [6, 6.07) is 0. The van der Waals surface area contributed by atoms with Crippen molar-refractivity contribution in [2.45, 2.75) is 38.9 Å². The van der Waals surface area contributed by atoms with E-state index in [2.05, 4.69) is 5.32 Å². The molecular weight excluding hydrogens is 166 g/mol. The molecule has 0 amide bonds. The molecule has 13 heavy (non-hydrogen) atoms. The topological polar surface area (TPSA) is 30.5 Å². The summed E-state index contributed by atoms with van der Waals surface area (Å²) in [6.45, 7) is 7.69. The Balaban J connectivity index is 0.000000396. The first-order valence-electron chi connectivity index (χ1n) is 5.40. The zero-order valence-electron chi connectivity index (χ0n) is 8.77. The van der Waals surface area contributed by atoms with Gasteiger partial charge in [-0.15, -0.1) is 0 Å². The lowest BCUT2D eigenvalue weighted by molar-refractivity contribution is -0.163. The van der Waals surface area contributed by atoms with Crippen LogP contribution in [0.4, 0.5) is 0 Å². The van der Waals surface area contributed by atoms with Gasteiger partial charge >= 0.3 is 0 Å². The van der Waals surface area contributed by atoms with E-state index in [9.17, 15) is 0 Å². The predicted molar refractivity (Wildman–Crippen MR) is 52.7 cm³/mol. The molecule has 2 heterocycles. The van der Waals surface area contributed by atoms with E-state index in [4.69, 9.17) is 9.47 Å². The molecular formula is C10H21NO2. The summed E-state index contributed by atoms with van der Waals surface area (Å²) in [7, 11) is 0. The predicted octanol–water partition coefficient (Wildman–Crippen LogP) is 1.53. The smallest absolute Gasteiger partial charge is 0.169 e. The van der Waals surface area contributed by atoms with Crippen molar-refractivity contribution >= 4 is 0 Å². The molecule has 0 radical (unpaired) electrons. The van der Waals surface area contributed by atoms with Crippen molar-refractivity contribution < 1.29 is 9.47 Å². The second kappa shape index (κ2) is 5.58. The highest BCUT2D eigenvalue weighted by molar-refractivity contribution is 4.78. The van der Waals surface area contributed by atoms with Crippen LogP contribution in [-0.4, -0.2) is 32.1 Å². The van der Waals surface area contributed by atoms with Crippen LogP contribution in [-0.2, 0) is 9.47 Å². The Bertz CT molecular complexity index is 123. The molecule has 1 spiro atoms. The Morgan fingerprint density at radius 1 is 1.00 bits per heavy atom. The van der Waals surface area contributed by atoms with Gasteiger partial charge < -0.3 is 14.8 Å². The maximum absolute atomic E-state index is 5.60. The molecule has 2 saturated heterocycles. The molecule has 2 rings (SSSR count). The number of ether oxygens (including phenoxy) is 2. The maximum Gasteiger partial charge on any atom is 0.169 e. The molecule has 0 aromatic rings. The first-order chi connectivity index (χ1) is 6.41. The molecule has 0 saturated carbocycles. The minimum atomic E-state index is -0.205. The first-order valence-corrected chi connectivity index (χ1v) is 5.40. The Hall–Kier alpha value is -0.120. The molecule has 0 aromatic carbocycles. The van der Waals surface area contributed by atoms with Gasteiger partial charge in [-0.25, -0.2) is 0 Å². The van der Waals surface area contributed by atoms with E-state index in [0.717, 1.165) is 39.1 Å². The summed E-state index contributed by atoms with van der Waals surface area (Å²) in [5.41, 5.74) is 0. The fourth-order valence-corrected chi connectivity index (χ4v) is 1.80. The zero-order valence-corrected chi connectivity index (χ0v) is 8.77. The van der Waals surface area contributed by atoms with Crippen LogP contribution in [0, 0.1) is 0 Å². The van der Waals surface area contributed by atoms with Crippen LogP contribution in [0.1, 0.15) is 33.1 Å². The van der Waals surface area contributed by atoms with Crippen molar-refractivity contribution in [3.63, 3.8) is 0 Å². The Kier molecular flexibility index (Phi) is 4.70. The van der Waals surface area contributed by atoms with Gasteiger partial charge in [0.15, 0.2) is 5.79 Å². The summed E-state index contributed by atoms with van der Waals surface area (Å²) >= 11 is 0. The van der Waals surface area contributed by atoms with Crippen LogP contribution < -0.4 is 5.32 Å². The highest BCUT2D eigenvalue weighted by Gasteiger charge is 2.36. The van der Waals surface area contributed by atoms with Crippen LogP contribution in [0.15, 0.2) is 0 Å². The zero-order chi connectivity index (χ0) is 9.57. The van der Waals surface area contributed by atoms with Gasteiger partial charge in [-0.3, -0.25) is 0 Å². The number of hydrogen-bond acceptors (Lipinski definition) is 3. The van der Waals surface area contributed by atoms with Gasteiger partial charge in [0.1, 0.15) is 0 Å². The van der Waals surface area contributed by atoms with Crippen LogP contribution in [0.2, 0.25) is 0 Å². The highest BCUT2D eigenvalue weighted by atomic mass is 16.7. The molecule has 0 aromatic heterocycles. The van der Waals surface area contributed by atoms with Crippen molar-refractivity contribution in [1.29, 1.82) is 0 Å². The molecule has 78 valence electrons. The van der Waals surface area contributed by atoms with Crippen LogP contribution in [0.25, 0.3) is 0 Å². The highest BCUT2D eigenvalue weighted by Crippen LogP contribution is 2.29. The SMILES string of the molecule is C1CNCCC2(C1)OCCO2.CC. The van der Waals surface area contributed by atoms with Crippen LogP contribution >= 0.6 is 0 Å². The van der Waals surface area contributed by atoms with Gasteiger partial charge in [-0.05, 0) is 13.0 Å². The van der Waals surface area contributed by atoms with Gasteiger partial charge in [0, 0.05) is 19.4 Å². The van der Waals surface area contributed by atoms with E-state index in [0.29, 0.717) is 0 Å². The molecule has 0 unspecified atom stereocenters. The van der Waals surface area contributed by atoms with Gasteiger partial charge in [-0.1, -0.05) is 13.8 Å². The second-order valence-corrected chi connectivity index (χ2v) is 3.21. The van der Waals surface area contributed by atoms with Gasteiger partial charge in [0.2, 0.25) is 0 Å². The molecule has 1 N–H and O–H groups in total. The monoisotopic (exact) mass is 187 g/mol. The molecule has 2 aliphatic heterocycles. The van der Waals surface area contributed by atoms with E-state index >= 15 is 0 Å². The second-order valence-electron chi connectivity index (χ2n) is 3.21. The largest absolute Gasteiger partial charge is 0.347 e. The molecule has 0 aliphatic carbocycles. The Morgan fingerprint density at radius 2 is 1.69 bits per heavy atom. The third-order valence-electron chi connectivity index (χ3n) is 2.41. The average molecular weight is 187 g/mol. The van der Waals surface area contributed by atoms with Crippen molar-refractivity contribution in [2.75, 3.05) is 26.3 Å². The summed E-state index contributed by atoms with van der Waals surface area (Å²) in [6.07, 6.45) is 3.23. The van der Waals surface area contributed by atoms with E-state index in [1.165, 1.54) is 6.42 Å². The molecule has 3 nitrogen and oxygen atoms in total. The average Bonchev–Trinajstić information content (AvgIpc) is 2.50. The lowest BCUT2D eigenvalue weighted by Crippen LogP contribution is -2.30. The van der Waals surface area contributed by atoms with Crippen molar-refractivity contribution in [3.05, 3.63) is 0 Å². The summed E-state index contributed by atoms with van der Waals surface area (Å²) in [4.78, 5) is 0. The van der Waals surface area contributed by atoms with E-state index < -0.39 is 0 Å². The molecule has 3 heteroatoms. The van der Waals surface area contributed by atoms with E-state index in [1.807, 2.05) is 13.8 Å². The van der Waals surface area contributed by atoms with Crippen LogP contribution in [0.5, 0.6) is 0 Å². The summed E-state index contributed by atoms with van der Waals surface area (Å²) in [5, 5.41) is 3.34. The Labute approximate surface area is 80.8 Å². The van der Waals surface area contributed by atoms with E-state index in [-0.39, 0.29) is 5.79 Å². The third-order valence-corrected chi connectivity index (χ3v) is 2.41. The molecule has 0 atom stereocenters. The van der Waals surface area contributed by atoms with Gasteiger partial charge in [-0.2, -0.15) is 0 Å². The molecule has 2 aliphatic rings. The minimum absolute atomic E-state index is 0.205. The van der Waals surface area contributed by atoms with Gasteiger partial charge in [0.25, 0.3) is 0 Å². The number of hydrogen-bond donors (Lipinski definition) is 1. The maximum atomic E-state index is 5.60. The standard InChI is InChI=1S/C8H15NO2.C2H6/c1-2-8(3-5-9-4-1)10-6-7-11-8;1-2/h9H,1-7H2;1-2H3. The lowest BCUT2D eigenvalue weighted by atomic mass is 10.1. The molecule has 0 bridgehead atoms. The molecule has 2 fully saturated rings. The Morgan fingerprint density at radius 3 is 2.38 bits per heavy atom. The number of rotatable bonds is 0. The summed E-state index contributed by atoms with van der Waals surface area (Å²) < 4.78 is 11.2. The van der Waals surface area contributed by atoms with Crippen molar-refractivity contribution in [1.82, 2.24) is 5.32 Å². The van der Waals surface area contributed by atoms with Crippen molar-refractivity contribution in [2.24, 2.45) is 0 Å². The fraction of sp³-hybridized carbons (Fsp3) is 1.00. The van der Waals surface area contributed by atoms with Gasteiger partial charge in [0.05, 0.1) is 13.2 Å². The first kappa shape index (κ1) is 11.0.